The molecule has 0 aromatic rings. The van der Waals surface area contributed by atoms with Gasteiger partial charge >= 0.3 is 67.7 Å². The summed E-state index contributed by atoms with van der Waals surface area (Å²) in [6.07, 6.45) is -66.0. The first-order chi connectivity index (χ1) is 39.5. The highest BCUT2D eigenvalue weighted by atomic mass is 19.5. The summed E-state index contributed by atoms with van der Waals surface area (Å²) in [5.74, 6) is -30.2. The van der Waals surface area contributed by atoms with Crippen molar-refractivity contribution in [3.8, 4) is 0 Å². The molecule has 0 aliphatic heterocycles. The normalized spacial score (nSPS) is 14.3. The second-order valence-electron chi connectivity index (χ2n) is 20.6. The summed E-state index contributed by atoms with van der Waals surface area (Å²) in [5.41, 5.74) is -14.2. The minimum Gasteiger partial charge on any atom is -0.238 e. The number of hydrogen-bond acceptors (Lipinski definition) is 0. The predicted octanol–water partition coefficient (Wildman–Crippen LogP) is 27.5. The van der Waals surface area contributed by atoms with Crippen LogP contribution in [0.25, 0.3) is 0 Å². The molecule has 0 rings (SSSR count). The molecular formula is C46H63F49. The highest BCUT2D eigenvalue weighted by Gasteiger charge is 2.71. The number of hydrogen-bond donors (Lipinski definition) is 0. The molecule has 0 aromatic heterocycles. The van der Waals surface area contributed by atoms with E-state index in [4.69, 9.17) is 0 Å². The van der Waals surface area contributed by atoms with Crippen LogP contribution in [0.15, 0.2) is 0 Å². The molecule has 0 N–H and O–H groups in total. The van der Waals surface area contributed by atoms with E-state index in [1.54, 1.807) is 0 Å². The number of alkyl halides is 49. The smallest absolute Gasteiger partial charge is 0.238 e. The van der Waals surface area contributed by atoms with Crippen LogP contribution in [0.4, 0.5) is 215 Å². The van der Waals surface area contributed by atoms with E-state index in [0.717, 1.165) is 34.6 Å². The molecule has 95 heavy (non-hydrogen) atoms. The maximum Gasteiger partial charge on any atom is 0.452 e. The van der Waals surface area contributed by atoms with Gasteiger partial charge in [0, 0.05) is 40.0 Å². The van der Waals surface area contributed by atoms with E-state index in [2.05, 4.69) is 0 Å². The molecule has 49 heteroatoms. The fraction of sp³-hybridized carbons (Fsp3) is 1.00. The molecule has 0 radical (unpaired) electrons. The van der Waals surface area contributed by atoms with Crippen LogP contribution >= 0.6 is 0 Å². The van der Waals surface area contributed by atoms with Gasteiger partial charge in [0.1, 0.15) is 19.3 Å². The molecule has 0 heterocycles. The third-order valence-electron chi connectivity index (χ3n) is 9.14. The molecule has 0 aromatic carbocycles. The van der Waals surface area contributed by atoms with Crippen molar-refractivity contribution < 1.29 is 215 Å². The molecule has 590 valence electrons. The Morgan fingerprint density at radius 3 is 0.442 bits per heavy atom. The summed E-state index contributed by atoms with van der Waals surface area (Å²) in [7, 11) is 0. The van der Waals surface area contributed by atoms with Crippen LogP contribution in [0.2, 0.25) is 0 Å². The van der Waals surface area contributed by atoms with Crippen molar-refractivity contribution in [3.63, 3.8) is 0 Å². The minimum atomic E-state index is -5.90. The van der Waals surface area contributed by atoms with Crippen LogP contribution in [0.1, 0.15) is 162 Å². The average molecular weight is 1550 g/mol. The molecule has 0 aliphatic rings. The summed E-state index contributed by atoms with van der Waals surface area (Å²) < 4.78 is 565. The first-order valence-corrected chi connectivity index (χ1v) is 24.3. The van der Waals surface area contributed by atoms with E-state index < -0.39 is 183 Å². The van der Waals surface area contributed by atoms with Crippen molar-refractivity contribution in [1.82, 2.24) is 0 Å². The zero-order valence-electron chi connectivity index (χ0n) is 50.9. The summed E-state index contributed by atoms with van der Waals surface area (Å²) in [5, 5.41) is 0. The second-order valence-corrected chi connectivity index (χ2v) is 20.6. The van der Waals surface area contributed by atoms with Gasteiger partial charge in [-0.3, -0.25) is 0 Å². The van der Waals surface area contributed by atoms with E-state index in [1.807, 2.05) is 0 Å². The van der Waals surface area contributed by atoms with Gasteiger partial charge in [0.15, 0.2) is 16.8 Å². The summed E-state index contributed by atoms with van der Waals surface area (Å²) >= 11 is 0. The molecule has 0 nitrogen and oxygen atoms in total. The molecule has 0 amide bonds. The Labute approximate surface area is 508 Å². The van der Waals surface area contributed by atoms with Gasteiger partial charge in [-0.05, 0) is 61.8 Å². The van der Waals surface area contributed by atoms with E-state index in [0.29, 0.717) is 27.7 Å². The zero-order chi connectivity index (χ0) is 81.4. The number of halogens is 49. The molecule has 0 unspecified atom stereocenters. The molecule has 0 fully saturated rings. The topological polar surface area (TPSA) is 0 Å². The second kappa shape index (κ2) is 38.4. The first kappa shape index (κ1) is 113. The zero-order valence-corrected chi connectivity index (χ0v) is 50.9. The lowest BCUT2D eigenvalue weighted by Gasteiger charge is -2.29. The monoisotopic (exact) mass is 1550 g/mol. The Morgan fingerprint density at radius 2 is 0.368 bits per heavy atom. The van der Waals surface area contributed by atoms with Crippen LogP contribution in [0.3, 0.4) is 0 Å². The number of rotatable bonds is 12. The van der Waals surface area contributed by atoms with Crippen molar-refractivity contribution in [1.29, 1.82) is 0 Å². The minimum absolute atomic E-state index is 0.0625. The van der Waals surface area contributed by atoms with Crippen molar-refractivity contribution in [2.45, 2.75) is 288 Å². The molecule has 0 aliphatic carbocycles. The van der Waals surface area contributed by atoms with Crippen LogP contribution in [-0.4, -0.2) is 126 Å². The third-order valence-corrected chi connectivity index (χ3v) is 9.14. The standard InChI is InChI=1S/C7H9F7.C6H7F7.C5H5F7.C5H6F6.C5H7F5.C5H9F3.C4H6F4.C4H8F2.C3H3F5.C2H3F3/c1-2-5(8,9)3-6(10,11)4-7(12,13)14;1-4(7,8)2-5(9,10)3-6(11,12)13;1-2-3(6,4(7,8)9)5(10,11)12;1-3(2,4(6,7)8)5(9,10)11;1-2-4(6,7)3-5(8,9)10;1-4(2,6)5(3,7)8;1-3(2,5)4(6,7)8;1-3-4(2,5)6;1-2(4,5)3(6,7)8;1-2(3,4)5/h2-4H2,1H3;2-3H2,1H3;2H2,1H3;1-2H3;2-3H2,1H3;1-3H3;1-2H3;3H2,1-2H3;1H3;1H3. The van der Waals surface area contributed by atoms with Gasteiger partial charge in [-0.25, -0.2) is 74.6 Å². The maximum atomic E-state index is 12.4. The van der Waals surface area contributed by atoms with Gasteiger partial charge in [-0.1, -0.05) is 27.7 Å². The molecule has 0 saturated heterocycles. The lowest BCUT2D eigenvalue weighted by Crippen LogP contribution is -2.52. The van der Waals surface area contributed by atoms with Crippen LogP contribution in [0.5, 0.6) is 0 Å². The van der Waals surface area contributed by atoms with Gasteiger partial charge < -0.3 is 0 Å². The summed E-state index contributed by atoms with van der Waals surface area (Å²) in [6.45, 7) is 8.40. The van der Waals surface area contributed by atoms with Gasteiger partial charge in [0.25, 0.3) is 41.2 Å². The Morgan fingerprint density at radius 1 is 0.189 bits per heavy atom. The lowest BCUT2D eigenvalue weighted by atomic mass is 9.92. The van der Waals surface area contributed by atoms with E-state index >= 15 is 0 Å². The van der Waals surface area contributed by atoms with Crippen molar-refractivity contribution in [2.75, 3.05) is 0 Å². The SMILES string of the molecule is CC(C)(C(F)(F)F)C(F)(F)F.CC(C)(F)C(C)(F)F.CC(C)(F)C(F)(F)F.CC(F)(F)C(F)(F)F.CC(F)(F)CC(F)(F)CC(F)(F)F.CC(F)(F)F.CCC(C)(F)F.CCC(F)(C(F)(F)F)C(F)(F)F.CCC(F)(F)CC(F)(F)CC(F)(F)F.CCC(F)(F)CC(F)(F)F. The van der Waals surface area contributed by atoms with Gasteiger partial charge in [0.2, 0.25) is 5.92 Å². The van der Waals surface area contributed by atoms with E-state index in [1.165, 1.54) is 6.92 Å². The highest BCUT2D eigenvalue weighted by molar-refractivity contribution is 4.93. The Hall–Kier alpha value is -3.43. The van der Waals surface area contributed by atoms with E-state index in [-0.39, 0.29) is 41.0 Å². The summed E-state index contributed by atoms with van der Waals surface area (Å²) in [4.78, 5) is 0. The highest BCUT2D eigenvalue weighted by Crippen LogP contribution is 2.50. The fourth-order valence-corrected chi connectivity index (χ4v) is 2.81. The molecular weight excluding hydrogens is 1480 g/mol. The van der Waals surface area contributed by atoms with E-state index in [9.17, 15) is 215 Å². The van der Waals surface area contributed by atoms with Gasteiger partial charge in [0.05, 0.1) is 12.8 Å². The Bertz CT molecular complexity index is 1790. The van der Waals surface area contributed by atoms with Crippen LogP contribution < -0.4 is 0 Å². The van der Waals surface area contributed by atoms with Crippen LogP contribution in [-0.2, 0) is 0 Å². The molecule has 0 saturated carbocycles. The Balaban J connectivity index is -0.000000107. The van der Waals surface area contributed by atoms with Crippen molar-refractivity contribution >= 4 is 0 Å². The first-order valence-electron chi connectivity index (χ1n) is 24.3. The summed E-state index contributed by atoms with van der Waals surface area (Å²) in [6, 6.07) is 0. The Kier molecular flexibility index (Phi) is 45.6. The molecule has 0 atom stereocenters. The van der Waals surface area contributed by atoms with Gasteiger partial charge in [-0.15, -0.1) is 0 Å². The van der Waals surface area contributed by atoms with Crippen molar-refractivity contribution in [2.24, 2.45) is 5.41 Å². The third kappa shape index (κ3) is 68.9. The van der Waals surface area contributed by atoms with Crippen LogP contribution in [0, 0.1) is 5.41 Å². The maximum absolute atomic E-state index is 12.4. The van der Waals surface area contributed by atoms with Crippen molar-refractivity contribution in [3.05, 3.63) is 0 Å². The quantitative estimate of drug-likeness (QED) is 0.171. The predicted molar refractivity (Wildman–Crippen MR) is 241 cm³/mol. The lowest BCUT2D eigenvalue weighted by molar-refractivity contribution is -0.342. The molecule has 0 bridgehead atoms. The molecule has 0 spiro atoms. The fourth-order valence-electron chi connectivity index (χ4n) is 2.81. The van der Waals surface area contributed by atoms with Gasteiger partial charge in [-0.2, -0.15) is 140 Å². The average Bonchev–Trinajstić information content (AvgIpc) is 3.16. The largest absolute Gasteiger partial charge is 0.452 e.